The van der Waals surface area contributed by atoms with E-state index in [1.54, 1.807) is 6.07 Å². The van der Waals surface area contributed by atoms with E-state index in [0.29, 0.717) is 12.1 Å². The lowest BCUT2D eigenvalue weighted by molar-refractivity contribution is -0.384. The fourth-order valence-corrected chi connectivity index (χ4v) is 3.27. The van der Waals surface area contributed by atoms with E-state index < -0.39 is 4.92 Å². The van der Waals surface area contributed by atoms with Crippen LogP contribution in [0.5, 0.6) is 0 Å². The van der Waals surface area contributed by atoms with E-state index >= 15 is 0 Å². The average Bonchev–Trinajstić information content (AvgIpc) is 2.77. The molecule has 1 aromatic heterocycles. The van der Waals surface area contributed by atoms with Gasteiger partial charge in [0, 0.05) is 40.0 Å². The summed E-state index contributed by atoms with van der Waals surface area (Å²) in [7, 11) is 0. The fraction of sp³-hybridized carbons (Fsp3) is 0.267. The first-order valence-electron chi connectivity index (χ1n) is 6.68. The van der Waals surface area contributed by atoms with Crippen molar-refractivity contribution in [2.45, 2.75) is 26.2 Å². The molecule has 0 bridgehead atoms. The van der Waals surface area contributed by atoms with Crippen molar-refractivity contribution in [2.75, 3.05) is 0 Å². The number of ketones is 1. The Morgan fingerprint density at radius 1 is 1.29 bits per heavy atom. The lowest BCUT2D eigenvalue weighted by Crippen LogP contribution is -2.13. The number of fused-ring (bicyclic) bond motifs is 1. The number of hydrogen-bond acceptors (Lipinski definition) is 3. The maximum absolute atomic E-state index is 12.0. The zero-order chi connectivity index (χ0) is 15.1. The van der Waals surface area contributed by atoms with Gasteiger partial charge in [-0.3, -0.25) is 14.9 Å². The number of hydrogen-bond donors (Lipinski definition) is 0. The molecule has 1 heterocycles. The summed E-state index contributed by atoms with van der Waals surface area (Å²) in [6, 6.07) is 6.55. The Balaban J connectivity index is 2.24. The van der Waals surface area contributed by atoms with Gasteiger partial charge in [0.05, 0.1) is 10.6 Å². The molecular formula is C15H13BrN2O3. The van der Waals surface area contributed by atoms with Crippen LogP contribution in [-0.4, -0.2) is 15.3 Å². The van der Waals surface area contributed by atoms with E-state index in [1.165, 1.54) is 12.1 Å². The molecule has 5 nitrogen and oxygen atoms in total. The second-order valence-corrected chi connectivity index (χ2v) is 6.01. The first kappa shape index (κ1) is 14.0. The van der Waals surface area contributed by atoms with Crippen LogP contribution in [0.25, 0.3) is 5.69 Å². The van der Waals surface area contributed by atoms with Crippen molar-refractivity contribution in [2.24, 2.45) is 0 Å². The van der Waals surface area contributed by atoms with Crippen LogP contribution in [0.2, 0.25) is 0 Å². The van der Waals surface area contributed by atoms with E-state index in [1.807, 2.05) is 17.6 Å². The second kappa shape index (κ2) is 5.11. The number of aryl methyl sites for hydroxylation is 1. The molecule has 1 aliphatic carbocycles. The van der Waals surface area contributed by atoms with Crippen LogP contribution in [0, 0.1) is 17.0 Å². The molecule has 0 aliphatic heterocycles. The molecule has 0 radical (unpaired) electrons. The number of halogens is 1. The summed E-state index contributed by atoms with van der Waals surface area (Å²) >= 11 is 3.45. The minimum atomic E-state index is -0.410. The Hall–Kier alpha value is -1.95. The van der Waals surface area contributed by atoms with Crippen molar-refractivity contribution < 1.29 is 9.72 Å². The number of carbonyl (C=O) groups excluding carboxylic acids is 1. The molecule has 0 unspecified atom stereocenters. The second-order valence-electron chi connectivity index (χ2n) is 5.15. The predicted molar refractivity (Wildman–Crippen MR) is 82.1 cm³/mol. The van der Waals surface area contributed by atoms with Crippen molar-refractivity contribution >= 4 is 27.4 Å². The number of benzene rings is 1. The van der Waals surface area contributed by atoms with Crippen molar-refractivity contribution in [1.82, 2.24) is 4.57 Å². The van der Waals surface area contributed by atoms with Gasteiger partial charge in [0.25, 0.3) is 5.69 Å². The number of nitro groups is 1. The minimum Gasteiger partial charge on any atom is -0.316 e. The summed E-state index contributed by atoms with van der Waals surface area (Å²) in [4.78, 5) is 22.6. The topological polar surface area (TPSA) is 65.1 Å². The molecule has 3 rings (SSSR count). The van der Waals surface area contributed by atoms with Crippen LogP contribution in [0.3, 0.4) is 0 Å². The normalized spacial score (nSPS) is 14.1. The maximum atomic E-state index is 12.0. The molecule has 2 aromatic rings. The highest BCUT2D eigenvalue weighted by molar-refractivity contribution is 9.10. The molecule has 0 N–H and O–H groups in total. The molecule has 0 saturated heterocycles. The Morgan fingerprint density at radius 3 is 2.76 bits per heavy atom. The third kappa shape index (κ3) is 2.29. The van der Waals surface area contributed by atoms with E-state index in [4.69, 9.17) is 0 Å². The van der Waals surface area contributed by atoms with Crippen molar-refractivity contribution in [3.63, 3.8) is 0 Å². The van der Waals surface area contributed by atoms with Gasteiger partial charge >= 0.3 is 0 Å². The standard InChI is InChI=1S/C15H13BrN2O3/c1-9-7-11-13(3-2-4-15(11)19)17(9)14-8-10(18(20)21)5-6-12(14)16/h5-8H,2-4H2,1H3. The molecule has 1 aliphatic rings. The number of nitrogens with zero attached hydrogens (tertiary/aromatic N) is 2. The van der Waals surface area contributed by atoms with E-state index in [2.05, 4.69) is 15.9 Å². The Labute approximate surface area is 129 Å². The monoisotopic (exact) mass is 348 g/mol. The van der Waals surface area contributed by atoms with E-state index in [-0.39, 0.29) is 11.5 Å². The highest BCUT2D eigenvalue weighted by atomic mass is 79.9. The minimum absolute atomic E-state index is 0.0391. The lowest BCUT2D eigenvalue weighted by atomic mass is 9.96. The molecule has 0 spiro atoms. The molecule has 1 aromatic carbocycles. The van der Waals surface area contributed by atoms with Gasteiger partial charge in [-0.05, 0) is 47.8 Å². The van der Waals surface area contributed by atoms with Gasteiger partial charge in [-0.1, -0.05) is 0 Å². The number of aromatic nitrogens is 1. The van der Waals surface area contributed by atoms with E-state index in [0.717, 1.165) is 34.3 Å². The zero-order valence-electron chi connectivity index (χ0n) is 11.4. The smallest absolute Gasteiger partial charge is 0.271 e. The fourth-order valence-electron chi connectivity index (χ4n) is 2.85. The Kier molecular flexibility index (Phi) is 3.41. The largest absolute Gasteiger partial charge is 0.316 e. The number of nitro benzene ring substituents is 1. The predicted octanol–water partition coefficient (Wildman–Crippen LogP) is 3.98. The first-order chi connectivity index (χ1) is 9.99. The molecule has 6 heteroatoms. The van der Waals surface area contributed by atoms with Gasteiger partial charge in [0.2, 0.25) is 0 Å². The van der Waals surface area contributed by atoms with Gasteiger partial charge < -0.3 is 4.57 Å². The lowest BCUT2D eigenvalue weighted by Gasteiger charge is -2.17. The Bertz CT molecular complexity index is 765. The van der Waals surface area contributed by atoms with Gasteiger partial charge in [-0.2, -0.15) is 0 Å². The SMILES string of the molecule is Cc1cc2c(n1-c1cc([N+](=O)[O-])ccc1Br)CCCC2=O. The van der Waals surface area contributed by atoms with Gasteiger partial charge in [-0.15, -0.1) is 0 Å². The van der Waals surface area contributed by atoms with E-state index in [9.17, 15) is 14.9 Å². The maximum Gasteiger partial charge on any atom is 0.271 e. The number of rotatable bonds is 2. The first-order valence-corrected chi connectivity index (χ1v) is 7.47. The summed E-state index contributed by atoms with van der Waals surface area (Å²) in [5.41, 5.74) is 3.35. The third-order valence-corrected chi connectivity index (χ3v) is 4.46. The van der Waals surface area contributed by atoms with Crippen molar-refractivity contribution in [3.05, 3.63) is 55.8 Å². The number of non-ortho nitro benzene ring substituents is 1. The summed E-state index contributed by atoms with van der Waals surface area (Å²) in [5, 5.41) is 11.0. The van der Waals surface area contributed by atoms with Crippen LogP contribution in [0.1, 0.15) is 34.6 Å². The summed E-state index contributed by atoms with van der Waals surface area (Å²) < 4.78 is 2.72. The molecule has 0 amide bonds. The van der Waals surface area contributed by atoms with Crippen LogP contribution in [0.4, 0.5) is 5.69 Å². The highest BCUT2D eigenvalue weighted by Crippen LogP contribution is 2.33. The van der Waals surface area contributed by atoms with Crippen LogP contribution in [0.15, 0.2) is 28.7 Å². The van der Waals surface area contributed by atoms with Crippen LogP contribution >= 0.6 is 15.9 Å². The quantitative estimate of drug-likeness (QED) is 0.609. The third-order valence-electron chi connectivity index (χ3n) is 3.79. The molecule has 0 atom stereocenters. The molecule has 0 saturated carbocycles. The van der Waals surface area contributed by atoms with Crippen molar-refractivity contribution in [3.8, 4) is 5.69 Å². The average molecular weight is 349 g/mol. The van der Waals surface area contributed by atoms with Gasteiger partial charge in [0.15, 0.2) is 5.78 Å². The molecule has 108 valence electrons. The summed E-state index contributed by atoms with van der Waals surface area (Å²) in [5.74, 6) is 0.152. The molecule has 0 fully saturated rings. The number of carbonyl (C=O) groups is 1. The zero-order valence-corrected chi connectivity index (χ0v) is 13.0. The highest BCUT2D eigenvalue weighted by Gasteiger charge is 2.24. The van der Waals surface area contributed by atoms with Gasteiger partial charge in [0.1, 0.15) is 0 Å². The molecule has 21 heavy (non-hydrogen) atoms. The van der Waals surface area contributed by atoms with Crippen molar-refractivity contribution in [1.29, 1.82) is 0 Å². The molecular weight excluding hydrogens is 336 g/mol. The number of Topliss-reactive ketones (excluding diaryl/α,β-unsaturated/α-hetero) is 1. The Morgan fingerprint density at radius 2 is 2.05 bits per heavy atom. The van der Waals surface area contributed by atoms with Crippen LogP contribution in [-0.2, 0) is 6.42 Å². The summed E-state index contributed by atoms with van der Waals surface area (Å²) in [6.45, 7) is 1.91. The summed E-state index contributed by atoms with van der Waals surface area (Å²) in [6.07, 6.45) is 2.21. The van der Waals surface area contributed by atoms with Gasteiger partial charge in [-0.25, -0.2) is 0 Å². The van der Waals surface area contributed by atoms with Crippen LogP contribution < -0.4 is 0 Å².